The molecule has 0 amide bonds. The first-order chi connectivity index (χ1) is 9.35. The van der Waals surface area contributed by atoms with Crippen molar-refractivity contribution in [3.63, 3.8) is 0 Å². The fourth-order valence-electron chi connectivity index (χ4n) is 2.23. The Morgan fingerprint density at radius 1 is 1.40 bits per heavy atom. The van der Waals surface area contributed by atoms with Crippen molar-refractivity contribution in [3.8, 4) is 0 Å². The molecule has 1 N–H and O–H groups in total. The average Bonchev–Trinajstić information content (AvgIpc) is 2.88. The topological polar surface area (TPSA) is 118 Å². The van der Waals surface area contributed by atoms with Gasteiger partial charge in [0.2, 0.25) is 0 Å². The SMILES string of the molecule is O=C(O)[C@H]1CCCN1S(=O)(=O)c1ccccc1[N+](=O)[O-]. The van der Waals surface area contributed by atoms with Gasteiger partial charge in [-0.05, 0) is 18.9 Å². The molecule has 0 radical (unpaired) electrons. The van der Waals surface area contributed by atoms with Crippen LogP contribution in [0.1, 0.15) is 12.8 Å². The van der Waals surface area contributed by atoms with Gasteiger partial charge in [-0.2, -0.15) is 4.31 Å². The Labute approximate surface area is 114 Å². The first-order valence-corrected chi connectivity index (χ1v) is 7.28. The molecule has 1 aliphatic heterocycles. The summed E-state index contributed by atoms with van der Waals surface area (Å²) in [5.41, 5.74) is -0.552. The van der Waals surface area contributed by atoms with Gasteiger partial charge in [-0.1, -0.05) is 12.1 Å². The molecule has 1 atom stereocenters. The zero-order valence-corrected chi connectivity index (χ0v) is 11.1. The van der Waals surface area contributed by atoms with Crippen LogP contribution in [0.25, 0.3) is 0 Å². The number of rotatable bonds is 4. The number of aliphatic carboxylic acids is 1. The van der Waals surface area contributed by atoms with Crippen LogP contribution in [0.3, 0.4) is 0 Å². The molecule has 0 aromatic heterocycles. The Kier molecular flexibility index (Phi) is 3.73. The first kappa shape index (κ1) is 14.4. The molecule has 108 valence electrons. The van der Waals surface area contributed by atoms with E-state index in [0.717, 1.165) is 16.4 Å². The van der Waals surface area contributed by atoms with Crippen molar-refractivity contribution in [1.82, 2.24) is 4.31 Å². The second kappa shape index (κ2) is 5.17. The van der Waals surface area contributed by atoms with Crippen LogP contribution in [-0.4, -0.2) is 41.3 Å². The van der Waals surface area contributed by atoms with Gasteiger partial charge in [-0.15, -0.1) is 0 Å². The van der Waals surface area contributed by atoms with E-state index in [4.69, 9.17) is 5.11 Å². The summed E-state index contributed by atoms with van der Waals surface area (Å²) in [5, 5.41) is 19.9. The van der Waals surface area contributed by atoms with Gasteiger partial charge >= 0.3 is 5.97 Å². The van der Waals surface area contributed by atoms with Gasteiger partial charge in [0.25, 0.3) is 15.7 Å². The zero-order valence-electron chi connectivity index (χ0n) is 10.3. The summed E-state index contributed by atoms with van der Waals surface area (Å²) in [6.07, 6.45) is 0.617. The number of benzene rings is 1. The Morgan fingerprint density at radius 3 is 2.65 bits per heavy atom. The van der Waals surface area contributed by atoms with Crippen molar-refractivity contribution >= 4 is 21.7 Å². The summed E-state index contributed by atoms with van der Waals surface area (Å²) in [7, 11) is -4.20. The van der Waals surface area contributed by atoms with Crippen LogP contribution in [0, 0.1) is 10.1 Å². The van der Waals surface area contributed by atoms with Gasteiger partial charge in [0.1, 0.15) is 6.04 Å². The van der Waals surface area contributed by atoms with Crippen LogP contribution in [0.15, 0.2) is 29.2 Å². The molecule has 0 spiro atoms. The number of nitro benzene ring substituents is 1. The lowest BCUT2D eigenvalue weighted by Gasteiger charge is -2.20. The van der Waals surface area contributed by atoms with E-state index in [-0.39, 0.29) is 13.0 Å². The van der Waals surface area contributed by atoms with Crippen LogP contribution in [0.4, 0.5) is 5.69 Å². The van der Waals surface area contributed by atoms with Crippen molar-refractivity contribution in [2.75, 3.05) is 6.54 Å². The summed E-state index contributed by atoms with van der Waals surface area (Å²) < 4.78 is 25.7. The predicted octanol–water partition coefficient (Wildman–Crippen LogP) is 0.832. The van der Waals surface area contributed by atoms with Crippen LogP contribution in [0.5, 0.6) is 0 Å². The average molecular weight is 300 g/mol. The van der Waals surface area contributed by atoms with Crippen molar-refractivity contribution in [2.45, 2.75) is 23.8 Å². The molecule has 20 heavy (non-hydrogen) atoms. The Bertz CT molecular complexity index is 657. The molecule has 1 aromatic carbocycles. The third kappa shape index (κ3) is 2.37. The third-order valence-corrected chi connectivity index (χ3v) is 5.09. The highest BCUT2D eigenvalue weighted by Crippen LogP contribution is 2.31. The van der Waals surface area contributed by atoms with Gasteiger partial charge in [-0.3, -0.25) is 14.9 Å². The van der Waals surface area contributed by atoms with Gasteiger partial charge in [-0.25, -0.2) is 8.42 Å². The highest BCUT2D eigenvalue weighted by atomic mass is 32.2. The van der Waals surface area contributed by atoms with E-state index < -0.39 is 37.5 Å². The molecule has 2 rings (SSSR count). The minimum absolute atomic E-state index is 0.0470. The Morgan fingerprint density at radius 2 is 2.05 bits per heavy atom. The number of carboxylic acids is 1. The summed E-state index contributed by atoms with van der Waals surface area (Å²) in [5.74, 6) is -1.25. The number of para-hydroxylation sites is 1. The second-order valence-corrected chi connectivity index (χ2v) is 6.20. The van der Waals surface area contributed by atoms with E-state index in [2.05, 4.69) is 0 Å². The minimum Gasteiger partial charge on any atom is -0.480 e. The quantitative estimate of drug-likeness (QED) is 0.650. The summed E-state index contributed by atoms with van der Waals surface area (Å²) in [4.78, 5) is 20.7. The molecule has 1 aliphatic rings. The normalized spacial score (nSPS) is 19.9. The molecule has 1 heterocycles. The smallest absolute Gasteiger partial charge is 0.322 e. The third-order valence-electron chi connectivity index (χ3n) is 3.14. The Hall–Kier alpha value is -2.00. The van der Waals surface area contributed by atoms with Crippen molar-refractivity contribution in [1.29, 1.82) is 0 Å². The number of nitrogens with zero attached hydrogens (tertiary/aromatic N) is 2. The van der Waals surface area contributed by atoms with Crippen LogP contribution < -0.4 is 0 Å². The molecule has 0 bridgehead atoms. The molecule has 0 saturated carbocycles. The molecule has 0 aliphatic carbocycles. The Balaban J connectivity index is 2.51. The number of sulfonamides is 1. The lowest BCUT2D eigenvalue weighted by Crippen LogP contribution is -2.40. The molecule has 0 unspecified atom stereocenters. The fraction of sp³-hybridized carbons (Fsp3) is 0.364. The molecular weight excluding hydrogens is 288 g/mol. The lowest BCUT2D eigenvalue weighted by molar-refractivity contribution is -0.387. The fourth-order valence-corrected chi connectivity index (χ4v) is 4.04. The van der Waals surface area contributed by atoms with Gasteiger partial charge in [0, 0.05) is 12.6 Å². The summed E-state index contributed by atoms with van der Waals surface area (Å²) in [6.45, 7) is 0.0470. The van der Waals surface area contributed by atoms with Crippen LogP contribution in [0.2, 0.25) is 0 Å². The minimum atomic E-state index is -4.20. The highest BCUT2D eigenvalue weighted by molar-refractivity contribution is 7.89. The van der Waals surface area contributed by atoms with Crippen molar-refractivity contribution < 1.29 is 23.2 Å². The van der Waals surface area contributed by atoms with Gasteiger partial charge in [0.05, 0.1) is 4.92 Å². The maximum absolute atomic E-state index is 12.4. The van der Waals surface area contributed by atoms with Crippen molar-refractivity contribution in [2.24, 2.45) is 0 Å². The molecule has 1 saturated heterocycles. The monoisotopic (exact) mass is 300 g/mol. The maximum atomic E-state index is 12.4. The van der Waals surface area contributed by atoms with Gasteiger partial charge in [0.15, 0.2) is 4.90 Å². The van der Waals surface area contributed by atoms with Crippen molar-refractivity contribution in [3.05, 3.63) is 34.4 Å². The lowest BCUT2D eigenvalue weighted by atomic mass is 10.2. The highest BCUT2D eigenvalue weighted by Gasteiger charge is 2.41. The molecule has 1 aromatic rings. The molecular formula is C11H12N2O6S. The van der Waals surface area contributed by atoms with Gasteiger partial charge < -0.3 is 5.11 Å². The zero-order chi connectivity index (χ0) is 14.9. The van der Waals surface area contributed by atoms with E-state index in [1.807, 2.05) is 0 Å². The second-order valence-electron chi connectivity index (χ2n) is 4.34. The van der Waals surface area contributed by atoms with E-state index in [9.17, 15) is 23.3 Å². The molecule has 9 heteroatoms. The number of carboxylic acid groups (broad SMARTS) is 1. The van der Waals surface area contributed by atoms with E-state index in [1.165, 1.54) is 12.1 Å². The van der Waals surface area contributed by atoms with E-state index in [1.54, 1.807) is 0 Å². The van der Waals surface area contributed by atoms with Crippen LogP contribution in [-0.2, 0) is 14.8 Å². The largest absolute Gasteiger partial charge is 0.480 e. The first-order valence-electron chi connectivity index (χ1n) is 5.84. The number of nitro groups is 1. The number of hydrogen-bond acceptors (Lipinski definition) is 5. The van der Waals surface area contributed by atoms with E-state index in [0.29, 0.717) is 6.42 Å². The molecule has 1 fully saturated rings. The van der Waals surface area contributed by atoms with Crippen LogP contribution >= 0.6 is 0 Å². The maximum Gasteiger partial charge on any atom is 0.322 e. The van der Waals surface area contributed by atoms with E-state index >= 15 is 0 Å². The number of carbonyl (C=O) groups is 1. The summed E-state index contributed by atoms with van der Waals surface area (Å²) >= 11 is 0. The summed E-state index contributed by atoms with van der Waals surface area (Å²) in [6, 6.07) is 3.75. The molecule has 8 nitrogen and oxygen atoms in total. The number of hydrogen-bond donors (Lipinski definition) is 1. The predicted molar refractivity (Wildman–Crippen MR) is 67.6 cm³/mol. The standard InChI is InChI=1S/C11H12N2O6S/c14-11(15)9-5-3-7-12(9)20(18,19)10-6-2-1-4-8(10)13(16)17/h1-2,4,6,9H,3,5,7H2,(H,14,15)/t9-/m1/s1.